The van der Waals surface area contributed by atoms with Gasteiger partial charge in [0.2, 0.25) is 5.91 Å². The van der Waals surface area contributed by atoms with Crippen molar-refractivity contribution in [1.29, 1.82) is 0 Å². The number of piperazine rings is 1. The summed E-state index contributed by atoms with van der Waals surface area (Å²) >= 11 is 0. The number of hydrogen-bond donors (Lipinski definition) is 0. The smallest absolute Gasteiger partial charge is 0.340 e. The number of pyridine rings is 1. The lowest BCUT2D eigenvalue weighted by molar-refractivity contribution is -0.136. The molecule has 6 rings (SSSR count). The molecule has 3 aromatic heterocycles. The minimum atomic E-state index is -4.64. The number of amides is 1. The first kappa shape index (κ1) is 27.3. The van der Waals surface area contributed by atoms with Crippen LogP contribution in [0.5, 0.6) is 0 Å². The maximum Gasteiger partial charge on any atom is 0.418 e. The third-order valence-corrected chi connectivity index (χ3v) is 8.51. The Hall–Kier alpha value is -3.93. The Morgan fingerprint density at radius 1 is 1.10 bits per heavy atom. The summed E-state index contributed by atoms with van der Waals surface area (Å²) < 4.78 is 47.1. The number of imidazole rings is 1. The number of halogens is 3. The van der Waals surface area contributed by atoms with Gasteiger partial charge in [-0.25, -0.2) is 4.79 Å². The van der Waals surface area contributed by atoms with Crippen molar-refractivity contribution in [2.45, 2.75) is 44.8 Å². The van der Waals surface area contributed by atoms with E-state index in [1.54, 1.807) is 17.3 Å². The van der Waals surface area contributed by atoms with Crippen LogP contribution in [-0.2, 0) is 24.6 Å². The van der Waals surface area contributed by atoms with Crippen LogP contribution in [0.4, 0.5) is 13.2 Å². The summed E-state index contributed by atoms with van der Waals surface area (Å²) in [5.74, 6) is 1.17. The van der Waals surface area contributed by atoms with Crippen LogP contribution in [0.15, 0.2) is 53.8 Å². The Kier molecular flexibility index (Phi) is 6.96. The fourth-order valence-electron chi connectivity index (χ4n) is 6.07. The van der Waals surface area contributed by atoms with E-state index in [4.69, 9.17) is 0 Å². The third-order valence-electron chi connectivity index (χ3n) is 8.51. The number of fused-ring (bicyclic) bond motifs is 1. The second kappa shape index (κ2) is 10.5. The van der Waals surface area contributed by atoms with E-state index < -0.39 is 17.4 Å². The van der Waals surface area contributed by atoms with Crippen LogP contribution < -0.4 is 5.69 Å². The fourth-order valence-corrected chi connectivity index (χ4v) is 6.07. The molecule has 4 aromatic rings. The lowest BCUT2D eigenvalue weighted by atomic mass is 9.72. The van der Waals surface area contributed by atoms with Gasteiger partial charge in [0.05, 0.1) is 16.8 Å². The van der Waals surface area contributed by atoms with Gasteiger partial charge in [-0.15, -0.1) is 10.2 Å². The fraction of sp³-hybridized carbons (Fsp3) is 0.448. The number of aromatic nitrogens is 5. The minimum absolute atomic E-state index is 0.0158. The SMILES string of the molecule is CC(=O)N1CCN(Cc2cc(C(F)(F)F)c3cn(-c4cccc([C@@H](c5nncn5C)C5CCC5)c4)c(=O)n3c2)CC1. The standard InChI is InChI=1S/C29H32F3N7O2/c1-19(40)37-11-9-36(10-12-37)15-20-13-24(29(30,31)32)25-17-38(28(41)39(25)16-20)23-8-4-7-22(14-23)26(21-5-3-6-21)27-34-33-18-35(27)2/h4,7-8,13-14,16-18,21,26H,3,5-6,9-12,15H2,1-2H3/t26-/m0/s1. The molecule has 12 heteroatoms. The summed E-state index contributed by atoms with van der Waals surface area (Å²) in [4.78, 5) is 29.0. The molecular formula is C29H32F3N7O2. The Bertz CT molecular complexity index is 1640. The van der Waals surface area contributed by atoms with Crippen LogP contribution >= 0.6 is 0 Å². The molecule has 1 aliphatic heterocycles. The molecule has 1 saturated carbocycles. The van der Waals surface area contributed by atoms with Gasteiger partial charge >= 0.3 is 11.9 Å². The van der Waals surface area contributed by atoms with E-state index in [1.165, 1.54) is 23.9 Å². The normalized spacial score (nSPS) is 17.6. The molecule has 0 spiro atoms. The van der Waals surface area contributed by atoms with Crippen molar-refractivity contribution in [3.05, 3.63) is 82.1 Å². The molecule has 4 heterocycles. The number of alkyl halides is 3. The van der Waals surface area contributed by atoms with E-state index in [-0.39, 0.29) is 23.9 Å². The monoisotopic (exact) mass is 567 g/mol. The highest BCUT2D eigenvalue weighted by atomic mass is 19.4. The largest absolute Gasteiger partial charge is 0.418 e. The van der Waals surface area contributed by atoms with Crippen molar-refractivity contribution >= 4 is 11.4 Å². The topological polar surface area (TPSA) is 80.7 Å². The summed E-state index contributed by atoms with van der Waals surface area (Å²) in [5.41, 5.74) is 0.231. The van der Waals surface area contributed by atoms with E-state index in [2.05, 4.69) is 10.2 Å². The number of rotatable bonds is 6. The van der Waals surface area contributed by atoms with Gasteiger partial charge in [0, 0.05) is 65.0 Å². The molecule has 1 aliphatic carbocycles. The van der Waals surface area contributed by atoms with Gasteiger partial charge in [-0.05, 0) is 48.1 Å². The molecule has 9 nitrogen and oxygen atoms in total. The van der Waals surface area contributed by atoms with Gasteiger partial charge in [-0.3, -0.25) is 18.7 Å². The van der Waals surface area contributed by atoms with E-state index in [9.17, 15) is 22.8 Å². The van der Waals surface area contributed by atoms with Crippen LogP contribution in [0.3, 0.4) is 0 Å². The Balaban J connectivity index is 1.38. The van der Waals surface area contributed by atoms with E-state index in [0.29, 0.717) is 43.3 Å². The lowest BCUT2D eigenvalue weighted by Crippen LogP contribution is -2.47. The maximum absolute atomic E-state index is 14.3. The van der Waals surface area contributed by atoms with Crippen molar-refractivity contribution in [3.8, 4) is 5.69 Å². The molecule has 2 fully saturated rings. The quantitative estimate of drug-likeness (QED) is 0.354. The van der Waals surface area contributed by atoms with E-state index >= 15 is 0 Å². The average molecular weight is 568 g/mol. The number of benzene rings is 1. The Labute approximate surface area is 234 Å². The third kappa shape index (κ3) is 5.16. The van der Waals surface area contributed by atoms with Crippen LogP contribution in [0.1, 0.15) is 54.6 Å². The second-order valence-corrected chi connectivity index (χ2v) is 11.1. The Morgan fingerprint density at radius 3 is 2.46 bits per heavy atom. The predicted molar refractivity (Wildman–Crippen MR) is 146 cm³/mol. The highest BCUT2D eigenvalue weighted by Crippen LogP contribution is 2.43. The number of carbonyl (C=O) groups excluding carboxylic acids is 1. The molecule has 2 aliphatic rings. The first-order chi connectivity index (χ1) is 19.6. The first-order valence-electron chi connectivity index (χ1n) is 13.9. The summed E-state index contributed by atoms with van der Waals surface area (Å²) in [5, 5.41) is 8.40. The van der Waals surface area contributed by atoms with Gasteiger partial charge in [-0.1, -0.05) is 18.6 Å². The molecule has 1 atom stereocenters. The van der Waals surface area contributed by atoms with Gasteiger partial charge in [0.1, 0.15) is 12.2 Å². The molecule has 1 saturated heterocycles. The van der Waals surface area contributed by atoms with Crippen LogP contribution in [0.25, 0.3) is 11.2 Å². The zero-order valence-corrected chi connectivity index (χ0v) is 23.0. The molecular weight excluding hydrogens is 535 g/mol. The number of aryl methyl sites for hydroxylation is 1. The molecule has 0 unspecified atom stereocenters. The van der Waals surface area contributed by atoms with Crippen LogP contribution in [0, 0.1) is 5.92 Å². The van der Waals surface area contributed by atoms with Gasteiger partial charge in [-0.2, -0.15) is 13.2 Å². The minimum Gasteiger partial charge on any atom is -0.340 e. The second-order valence-electron chi connectivity index (χ2n) is 11.1. The number of carbonyl (C=O) groups is 1. The van der Waals surface area contributed by atoms with E-state index in [1.807, 2.05) is 34.7 Å². The zero-order chi connectivity index (χ0) is 28.9. The molecule has 41 heavy (non-hydrogen) atoms. The van der Waals surface area contributed by atoms with E-state index in [0.717, 1.165) is 41.1 Å². The van der Waals surface area contributed by atoms with Crippen molar-refractivity contribution in [3.63, 3.8) is 0 Å². The highest BCUT2D eigenvalue weighted by Gasteiger charge is 2.35. The molecule has 216 valence electrons. The van der Waals surface area contributed by atoms with Crippen molar-refractivity contribution < 1.29 is 18.0 Å². The lowest BCUT2D eigenvalue weighted by Gasteiger charge is -2.34. The molecule has 1 aromatic carbocycles. The van der Waals surface area contributed by atoms with Crippen LogP contribution in [-0.4, -0.2) is 65.6 Å². The summed E-state index contributed by atoms with van der Waals surface area (Å²) in [7, 11) is 1.90. The Morgan fingerprint density at radius 2 is 1.85 bits per heavy atom. The predicted octanol–water partition coefficient (Wildman–Crippen LogP) is 3.83. The molecule has 0 bridgehead atoms. The van der Waals surface area contributed by atoms with Gasteiger partial charge < -0.3 is 9.47 Å². The summed E-state index contributed by atoms with van der Waals surface area (Å²) in [6, 6.07) is 8.56. The molecule has 1 amide bonds. The van der Waals surface area contributed by atoms with Crippen LogP contribution in [0.2, 0.25) is 0 Å². The average Bonchev–Trinajstić information content (AvgIpc) is 3.48. The van der Waals surface area contributed by atoms with Gasteiger partial charge in [0.15, 0.2) is 0 Å². The van der Waals surface area contributed by atoms with Crippen molar-refractivity contribution in [2.75, 3.05) is 26.2 Å². The zero-order valence-electron chi connectivity index (χ0n) is 23.0. The summed E-state index contributed by atoms with van der Waals surface area (Å²) in [6.07, 6.45) is 3.04. The first-order valence-corrected chi connectivity index (χ1v) is 13.9. The number of nitrogens with zero attached hydrogens (tertiary/aromatic N) is 7. The van der Waals surface area contributed by atoms with Crippen molar-refractivity contribution in [2.24, 2.45) is 13.0 Å². The maximum atomic E-state index is 14.3. The highest BCUT2D eigenvalue weighted by molar-refractivity contribution is 5.73. The van der Waals surface area contributed by atoms with Gasteiger partial charge in [0.25, 0.3) is 0 Å². The molecule has 0 N–H and O–H groups in total. The van der Waals surface area contributed by atoms with Crippen molar-refractivity contribution in [1.82, 2.24) is 33.5 Å². The molecule has 0 radical (unpaired) electrons. The number of hydrogen-bond acceptors (Lipinski definition) is 5. The summed E-state index contributed by atoms with van der Waals surface area (Å²) in [6.45, 7) is 3.90.